The second-order valence-electron chi connectivity index (χ2n) is 7.72. The summed E-state index contributed by atoms with van der Waals surface area (Å²) in [5.41, 5.74) is 1.92. The zero-order valence-corrected chi connectivity index (χ0v) is 17.3. The number of nitrogens with zero attached hydrogens (tertiary/aromatic N) is 2. The second kappa shape index (κ2) is 8.70. The lowest BCUT2D eigenvalue weighted by atomic mass is 10.1. The van der Waals surface area contributed by atoms with Gasteiger partial charge in [-0.2, -0.15) is 5.10 Å². The van der Waals surface area contributed by atoms with Crippen LogP contribution in [-0.2, 0) is 13.0 Å². The fourth-order valence-corrected chi connectivity index (χ4v) is 3.79. The molecule has 1 aliphatic heterocycles. The van der Waals surface area contributed by atoms with Gasteiger partial charge in [0.25, 0.3) is 5.91 Å². The summed E-state index contributed by atoms with van der Waals surface area (Å²) in [6.07, 6.45) is 2.18. The lowest BCUT2D eigenvalue weighted by Crippen LogP contribution is -2.33. The molecule has 1 unspecified atom stereocenters. The van der Waals surface area contributed by atoms with Crippen LogP contribution in [0.5, 0.6) is 11.5 Å². The van der Waals surface area contributed by atoms with Crippen molar-refractivity contribution in [2.45, 2.75) is 19.1 Å². The molecule has 0 saturated heterocycles. The Bertz CT molecular complexity index is 1270. The molecule has 32 heavy (non-hydrogen) atoms. The van der Waals surface area contributed by atoms with Crippen LogP contribution in [0.1, 0.15) is 15.9 Å². The highest BCUT2D eigenvalue weighted by Gasteiger charge is 2.21. The van der Waals surface area contributed by atoms with Gasteiger partial charge in [0.1, 0.15) is 12.4 Å². The molecule has 4 aromatic rings. The van der Waals surface area contributed by atoms with Gasteiger partial charge in [0.2, 0.25) is 0 Å². The summed E-state index contributed by atoms with van der Waals surface area (Å²) in [6, 6.07) is 19.6. The van der Waals surface area contributed by atoms with Crippen LogP contribution in [0.25, 0.3) is 10.9 Å². The Kier molecular flexibility index (Phi) is 5.46. The van der Waals surface area contributed by atoms with Crippen LogP contribution in [0.2, 0.25) is 0 Å². The first-order chi connectivity index (χ1) is 15.7. The number of hydrogen-bond donors (Lipinski definition) is 1. The molecule has 1 atom stereocenters. The minimum absolute atomic E-state index is 0.152. The zero-order chi connectivity index (χ0) is 21.9. The molecule has 0 saturated carbocycles. The average molecular weight is 431 g/mol. The van der Waals surface area contributed by atoms with Gasteiger partial charge < -0.3 is 14.8 Å². The van der Waals surface area contributed by atoms with Crippen molar-refractivity contribution >= 4 is 16.8 Å². The third-order valence-electron chi connectivity index (χ3n) is 5.41. The van der Waals surface area contributed by atoms with E-state index in [2.05, 4.69) is 10.4 Å². The number of carbonyl (C=O) groups excluding carboxylic acids is 1. The number of benzene rings is 3. The van der Waals surface area contributed by atoms with Crippen molar-refractivity contribution in [1.29, 1.82) is 0 Å². The van der Waals surface area contributed by atoms with Crippen molar-refractivity contribution in [3.63, 3.8) is 0 Å². The molecule has 6 nitrogen and oxygen atoms in total. The van der Waals surface area contributed by atoms with Gasteiger partial charge in [0, 0.05) is 23.7 Å². The molecule has 0 spiro atoms. The number of hydrogen-bond acceptors (Lipinski definition) is 4. The molecule has 1 aliphatic rings. The van der Waals surface area contributed by atoms with Gasteiger partial charge in [0.05, 0.1) is 12.1 Å². The largest absolute Gasteiger partial charge is 0.486 e. The summed E-state index contributed by atoms with van der Waals surface area (Å²) >= 11 is 0. The number of nitrogens with one attached hydrogen (secondary N) is 1. The second-order valence-corrected chi connectivity index (χ2v) is 7.72. The lowest BCUT2D eigenvalue weighted by Gasteiger charge is -2.26. The Morgan fingerprint density at radius 3 is 2.78 bits per heavy atom. The average Bonchev–Trinajstić information content (AvgIpc) is 3.21. The third-order valence-corrected chi connectivity index (χ3v) is 5.41. The van der Waals surface area contributed by atoms with Crippen molar-refractivity contribution in [3.8, 4) is 11.5 Å². The number of aromatic nitrogens is 2. The van der Waals surface area contributed by atoms with Crippen LogP contribution in [0.4, 0.5) is 4.39 Å². The summed E-state index contributed by atoms with van der Waals surface area (Å²) in [4.78, 5) is 12.5. The maximum Gasteiger partial charge on any atom is 0.251 e. The van der Waals surface area contributed by atoms with Gasteiger partial charge in [-0.15, -0.1) is 0 Å². The van der Waals surface area contributed by atoms with Crippen molar-refractivity contribution < 1.29 is 18.7 Å². The van der Waals surface area contributed by atoms with Crippen LogP contribution in [-0.4, -0.2) is 34.9 Å². The quantitative estimate of drug-likeness (QED) is 0.501. The van der Waals surface area contributed by atoms with E-state index in [4.69, 9.17) is 9.47 Å². The van der Waals surface area contributed by atoms with Crippen LogP contribution < -0.4 is 14.8 Å². The molecule has 0 bridgehead atoms. The SMILES string of the molecule is O=C(NCCc1ccccc1F)c1ccc2nn(CC3COc4ccccc4O3)cc2c1. The number of rotatable bonds is 6. The minimum Gasteiger partial charge on any atom is -0.486 e. The van der Waals surface area contributed by atoms with Gasteiger partial charge in [-0.3, -0.25) is 9.48 Å². The van der Waals surface area contributed by atoms with Crippen molar-refractivity contribution in [2.75, 3.05) is 13.2 Å². The van der Waals surface area contributed by atoms with E-state index in [-0.39, 0.29) is 17.8 Å². The fourth-order valence-electron chi connectivity index (χ4n) is 3.79. The molecular formula is C25H22FN3O3. The lowest BCUT2D eigenvalue weighted by molar-refractivity contribution is 0.0760. The number of ether oxygens (including phenoxy) is 2. The van der Waals surface area contributed by atoms with E-state index in [9.17, 15) is 9.18 Å². The molecule has 5 rings (SSSR count). The Hall–Kier alpha value is -3.87. The first kappa shape index (κ1) is 20.1. The van der Waals surface area contributed by atoms with Crippen LogP contribution in [0, 0.1) is 5.82 Å². The maximum absolute atomic E-state index is 13.7. The van der Waals surface area contributed by atoms with Crippen LogP contribution >= 0.6 is 0 Å². The van der Waals surface area contributed by atoms with Crippen LogP contribution in [0.15, 0.2) is 72.9 Å². The van der Waals surface area contributed by atoms with E-state index < -0.39 is 0 Å². The molecule has 1 amide bonds. The summed E-state index contributed by atoms with van der Waals surface area (Å²) in [6.45, 7) is 1.34. The number of carbonyl (C=O) groups is 1. The minimum atomic E-state index is -0.258. The van der Waals surface area contributed by atoms with Crippen molar-refractivity contribution in [1.82, 2.24) is 15.1 Å². The number of fused-ring (bicyclic) bond motifs is 2. The first-order valence-electron chi connectivity index (χ1n) is 10.5. The van der Waals surface area contributed by atoms with Gasteiger partial charge in [-0.1, -0.05) is 30.3 Å². The van der Waals surface area contributed by atoms with Gasteiger partial charge >= 0.3 is 0 Å². The van der Waals surface area contributed by atoms with Gasteiger partial charge in [-0.25, -0.2) is 4.39 Å². The Balaban J connectivity index is 1.22. The van der Waals surface area contributed by atoms with Crippen molar-refractivity contribution in [2.24, 2.45) is 0 Å². The van der Waals surface area contributed by atoms with E-state index in [0.717, 1.165) is 22.4 Å². The normalized spacial score (nSPS) is 15.0. The molecule has 7 heteroatoms. The van der Waals surface area contributed by atoms with E-state index >= 15 is 0 Å². The monoisotopic (exact) mass is 431 g/mol. The Labute approximate surface area is 184 Å². The third kappa shape index (κ3) is 4.27. The molecule has 0 radical (unpaired) electrons. The molecule has 1 N–H and O–H groups in total. The predicted molar refractivity (Wildman–Crippen MR) is 119 cm³/mol. The zero-order valence-electron chi connectivity index (χ0n) is 17.3. The standard InChI is InChI=1S/C25H22FN3O3/c26-21-6-2-1-5-17(21)11-12-27-25(30)18-9-10-22-19(13-18)14-29(28-22)15-20-16-31-23-7-3-4-8-24(23)32-20/h1-10,13-14,20H,11-12,15-16H2,(H,27,30). The van der Waals surface area contributed by atoms with E-state index in [1.165, 1.54) is 6.07 Å². The maximum atomic E-state index is 13.7. The number of amides is 1. The van der Waals surface area contributed by atoms with E-state index in [1.807, 2.05) is 47.3 Å². The number of para-hydroxylation sites is 2. The highest BCUT2D eigenvalue weighted by molar-refractivity contribution is 5.97. The summed E-state index contributed by atoms with van der Waals surface area (Å²) in [5, 5.41) is 8.30. The molecule has 1 aromatic heterocycles. The molecule has 0 fully saturated rings. The Morgan fingerprint density at radius 2 is 1.91 bits per heavy atom. The summed E-state index contributed by atoms with van der Waals surface area (Å²) in [5.74, 6) is 1.03. The van der Waals surface area contributed by atoms with E-state index in [1.54, 1.807) is 24.3 Å². The molecule has 162 valence electrons. The topological polar surface area (TPSA) is 65.4 Å². The van der Waals surface area contributed by atoms with Gasteiger partial charge in [-0.05, 0) is 48.4 Å². The number of halogens is 1. The summed E-state index contributed by atoms with van der Waals surface area (Å²) in [7, 11) is 0. The van der Waals surface area contributed by atoms with Crippen molar-refractivity contribution in [3.05, 3.63) is 89.9 Å². The molecule has 2 heterocycles. The summed E-state index contributed by atoms with van der Waals surface area (Å²) < 4.78 is 27.3. The fraction of sp³-hybridized carbons (Fsp3) is 0.200. The highest BCUT2D eigenvalue weighted by Crippen LogP contribution is 2.31. The van der Waals surface area contributed by atoms with Gasteiger partial charge in [0.15, 0.2) is 17.6 Å². The molecule has 0 aliphatic carbocycles. The highest BCUT2D eigenvalue weighted by atomic mass is 19.1. The Morgan fingerprint density at radius 1 is 1.09 bits per heavy atom. The predicted octanol–water partition coefficient (Wildman–Crippen LogP) is 3.99. The molecular weight excluding hydrogens is 409 g/mol. The van der Waals surface area contributed by atoms with Crippen LogP contribution in [0.3, 0.4) is 0 Å². The molecule has 3 aromatic carbocycles. The van der Waals surface area contributed by atoms with E-state index in [0.29, 0.717) is 37.2 Å². The first-order valence-corrected chi connectivity index (χ1v) is 10.5. The smallest absolute Gasteiger partial charge is 0.251 e.